The third-order valence-electron chi connectivity index (χ3n) is 3.02. The Labute approximate surface area is 107 Å². The van der Waals surface area contributed by atoms with Gasteiger partial charge in [-0.25, -0.2) is 4.98 Å². The summed E-state index contributed by atoms with van der Waals surface area (Å²) < 4.78 is 2.12. The van der Waals surface area contributed by atoms with Crippen LogP contribution in [0.4, 0.5) is 0 Å². The molecule has 4 heteroatoms. The molecule has 0 aliphatic heterocycles. The van der Waals surface area contributed by atoms with Crippen LogP contribution in [0, 0.1) is 5.92 Å². The molecule has 0 aromatic carbocycles. The predicted octanol–water partition coefficient (Wildman–Crippen LogP) is 2.96. The van der Waals surface area contributed by atoms with Gasteiger partial charge in [0.1, 0.15) is 0 Å². The van der Waals surface area contributed by atoms with Gasteiger partial charge in [0.05, 0.1) is 5.69 Å². The first-order valence-corrected chi connectivity index (χ1v) is 7.33. The highest BCUT2D eigenvalue weighted by Crippen LogP contribution is 2.16. The lowest BCUT2D eigenvalue weighted by Gasteiger charge is -2.14. The number of rotatable bonds is 7. The summed E-state index contributed by atoms with van der Waals surface area (Å²) in [6.45, 7) is 6.58. The molecule has 0 aliphatic rings. The molecule has 3 nitrogen and oxygen atoms in total. The van der Waals surface area contributed by atoms with Crippen LogP contribution in [0.25, 0.3) is 4.96 Å². The van der Waals surface area contributed by atoms with E-state index in [0.717, 1.165) is 24.5 Å². The summed E-state index contributed by atoms with van der Waals surface area (Å²) in [5, 5.41) is 5.53. The zero-order valence-electron chi connectivity index (χ0n) is 10.6. The number of nitrogens with zero attached hydrogens (tertiary/aromatic N) is 2. The average molecular weight is 251 g/mol. The first-order chi connectivity index (χ1) is 8.33. The van der Waals surface area contributed by atoms with E-state index in [0.29, 0.717) is 5.92 Å². The zero-order chi connectivity index (χ0) is 12.1. The number of aromatic nitrogens is 2. The maximum Gasteiger partial charge on any atom is 0.193 e. The standard InChI is InChI=1S/C13H21N3S/c1-3-5-11(9-14-4-2)8-12-10-16-6-7-17-13(16)15-12/h6-7,10-11,14H,3-5,8-9H2,1-2H3. The Kier molecular flexibility index (Phi) is 4.57. The average Bonchev–Trinajstić information content (AvgIpc) is 2.86. The SMILES string of the molecule is CCCC(CNCC)Cc1cn2ccsc2n1. The first kappa shape index (κ1) is 12.6. The summed E-state index contributed by atoms with van der Waals surface area (Å²) in [5.41, 5.74) is 1.23. The van der Waals surface area contributed by atoms with Crippen molar-refractivity contribution in [1.82, 2.24) is 14.7 Å². The molecule has 2 aromatic rings. The highest BCUT2D eigenvalue weighted by Gasteiger charge is 2.11. The maximum atomic E-state index is 4.66. The second-order valence-corrected chi connectivity index (χ2v) is 5.36. The fourth-order valence-corrected chi connectivity index (χ4v) is 2.92. The lowest BCUT2D eigenvalue weighted by Crippen LogP contribution is -2.24. The van der Waals surface area contributed by atoms with Gasteiger partial charge in [-0.2, -0.15) is 0 Å². The minimum atomic E-state index is 0.713. The fourth-order valence-electron chi connectivity index (χ4n) is 2.20. The molecule has 1 unspecified atom stereocenters. The topological polar surface area (TPSA) is 29.3 Å². The van der Waals surface area contributed by atoms with Crippen LogP contribution in [0.5, 0.6) is 0 Å². The number of thiazole rings is 1. The van der Waals surface area contributed by atoms with Gasteiger partial charge in [0.25, 0.3) is 0 Å². The second-order valence-electron chi connectivity index (χ2n) is 4.49. The van der Waals surface area contributed by atoms with E-state index < -0.39 is 0 Å². The number of hydrogen-bond donors (Lipinski definition) is 1. The molecular weight excluding hydrogens is 230 g/mol. The molecule has 1 atom stereocenters. The summed E-state index contributed by atoms with van der Waals surface area (Å²) >= 11 is 1.70. The van der Waals surface area contributed by atoms with E-state index in [1.807, 2.05) is 0 Å². The van der Waals surface area contributed by atoms with Gasteiger partial charge in [0.15, 0.2) is 4.96 Å². The van der Waals surface area contributed by atoms with Crippen molar-refractivity contribution in [3.05, 3.63) is 23.5 Å². The van der Waals surface area contributed by atoms with E-state index in [1.54, 1.807) is 11.3 Å². The van der Waals surface area contributed by atoms with Gasteiger partial charge in [-0.3, -0.25) is 4.40 Å². The molecule has 17 heavy (non-hydrogen) atoms. The lowest BCUT2D eigenvalue weighted by atomic mass is 9.98. The molecule has 2 aromatic heterocycles. The van der Waals surface area contributed by atoms with Crippen LogP contribution in [0.1, 0.15) is 32.4 Å². The van der Waals surface area contributed by atoms with Crippen LogP contribution in [0.2, 0.25) is 0 Å². The first-order valence-electron chi connectivity index (χ1n) is 6.45. The van der Waals surface area contributed by atoms with Gasteiger partial charge in [-0.15, -0.1) is 11.3 Å². The molecule has 0 amide bonds. The van der Waals surface area contributed by atoms with Crippen molar-refractivity contribution in [2.75, 3.05) is 13.1 Å². The number of nitrogens with one attached hydrogen (secondary N) is 1. The van der Waals surface area contributed by atoms with Gasteiger partial charge >= 0.3 is 0 Å². The molecular formula is C13H21N3S. The highest BCUT2D eigenvalue weighted by atomic mass is 32.1. The van der Waals surface area contributed by atoms with E-state index >= 15 is 0 Å². The highest BCUT2D eigenvalue weighted by molar-refractivity contribution is 7.15. The molecule has 0 radical (unpaired) electrons. The van der Waals surface area contributed by atoms with Gasteiger partial charge in [0, 0.05) is 17.8 Å². The molecule has 0 aliphatic carbocycles. The molecule has 94 valence electrons. The van der Waals surface area contributed by atoms with Gasteiger partial charge in [0.2, 0.25) is 0 Å². The molecule has 2 rings (SSSR count). The van der Waals surface area contributed by atoms with E-state index in [1.165, 1.54) is 18.5 Å². The normalized spacial score (nSPS) is 13.3. The van der Waals surface area contributed by atoms with Gasteiger partial charge in [-0.05, 0) is 31.8 Å². The predicted molar refractivity (Wildman–Crippen MR) is 73.7 cm³/mol. The molecule has 1 N–H and O–H groups in total. The van der Waals surface area contributed by atoms with Crippen molar-refractivity contribution in [3.63, 3.8) is 0 Å². The van der Waals surface area contributed by atoms with Crippen LogP contribution in [-0.2, 0) is 6.42 Å². The fraction of sp³-hybridized carbons (Fsp3) is 0.615. The van der Waals surface area contributed by atoms with Crippen molar-refractivity contribution in [2.45, 2.75) is 33.1 Å². The third-order valence-corrected chi connectivity index (χ3v) is 3.79. The third kappa shape index (κ3) is 3.30. The lowest BCUT2D eigenvalue weighted by molar-refractivity contribution is 0.441. The summed E-state index contributed by atoms with van der Waals surface area (Å²) in [6.07, 6.45) is 7.86. The van der Waals surface area contributed by atoms with Crippen LogP contribution in [0.15, 0.2) is 17.8 Å². The number of fused-ring (bicyclic) bond motifs is 1. The Morgan fingerprint density at radius 2 is 2.35 bits per heavy atom. The van der Waals surface area contributed by atoms with E-state index in [-0.39, 0.29) is 0 Å². The zero-order valence-corrected chi connectivity index (χ0v) is 11.5. The molecule has 2 heterocycles. The molecule has 0 saturated carbocycles. The van der Waals surface area contributed by atoms with Crippen molar-refractivity contribution < 1.29 is 0 Å². The molecule has 0 saturated heterocycles. The van der Waals surface area contributed by atoms with E-state index in [9.17, 15) is 0 Å². The summed E-state index contributed by atoms with van der Waals surface area (Å²) in [5.74, 6) is 0.713. The quantitative estimate of drug-likeness (QED) is 0.820. The Bertz CT molecular complexity index is 418. The van der Waals surface area contributed by atoms with Crippen LogP contribution >= 0.6 is 11.3 Å². The van der Waals surface area contributed by atoms with Crippen LogP contribution in [0.3, 0.4) is 0 Å². The van der Waals surface area contributed by atoms with E-state index in [4.69, 9.17) is 0 Å². The minimum Gasteiger partial charge on any atom is -0.317 e. The second kappa shape index (κ2) is 6.17. The molecule has 0 spiro atoms. The van der Waals surface area contributed by atoms with Crippen molar-refractivity contribution >= 4 is 16.3 Å². The van der Waals surface area contributed by atoms with Crippen molar-refractivity contribution in [1.29, 1.82) is 0 Å². The molecule has 0 bridgehead atoms. The summed E-state index contributed by atoms with van der Waals surface area (Å²) in [7, 11) is 0. The monoisotopic (exact) mass is 251 g/mol. The number of imidazole rings is 1. The largest absolute Gasteiger partial charge is 0.317 e. The Morgan fingerprint density at radius 1 is 1.47 bits per heavy atom. The number of hydrogen-bond acceptors (Lipinski definition) is 3. The van der Waals surface area contributed by atoms with Gasteiger partial charge in [-0.1, -0.05) is 20.3 Å². The van der Waals surface area contributed by atoms with Crippen molar-refractivity contribution in [2.24, 2.45) is 5.92 Å². The van der Waals surface area contributed by atoms with Crippen molar-refractivity contribution in [3.8, 4) is 0 Å². The summed E-state index contributed by atoms with van der Waals surface area (Å²) in [6, 6.07) is 0. The smallest absolute Gasteiger partial charge is 0.193 e. The van der Waals surface area contributed by atoms with Crippen LogP contribution < -0.4 is 5.32 Å². The van der Waals surface area contributed by atoms with E-state index in [2.05, 4.69) is 46.3 Å². The Balaban J connectivity index is 1.98. The Morgan fingerprint density at radius 3 is 3.06 bits per heavy atom. The minimum absolute atomic E-state index is 0.713. The maximum absolute atomic E-state index is 4.66. The van der Waals surface area contributed by atoms with Gasteiger partial charge < -0.3 is 5.32 Å². The van der Waals surface area contributed by atoms with Crippen LogP contribution in [-0.4, -0.2) is 22.5 Å². The Hall–Kier alpha value is -0.870. The molecule has 0 fully saturated rings. The summed E-state index contributed by atoms with van der Waals surface area (Å²) in [4.78, 5) is 5.77.